The van der Waals surface area contributed by atoms with Crippen molar-refractivity contribution in [1.82, 2.24) is 4.98 Å². The van der Waals surface area contributed by atoms with Gasteiger partial charge in [-0.3, -0.25) is 0 Å². The fourth-order valence-corrected chi connectivity index (χ4v) is 3.39. The Hall–Kier alpha value is -1.93. The number of aromatic nitrogens is 1. The van der Waals surface area contributed by atoms with E-state index in [4.69, 9.17) is 0 Å². The van der Waals surface area contributed by atoms with E-state index in [1.807, 2.05) is 6.20 Å². The van der Waals surface area contributed by atoms with Gasteiger partial charge in [-0.05, 0) is 37.5 Å². The Kier molecular flexibility index (Phi) is 3.89. The lowest BCUT2D eigenvalue weighted by Crippen LogP contribution is -1.89. The van der Waals surface area contributed by atoms with Gasteiger partial charge >= 0.3 is 0 Å². The van der Waals surface area contributed by atoms with Crippen LogP contribution in [0.5, 0.6) is 0 Å². The Morgan fingerprint density at radius 3 is 2.29 bits per heavy atom. The number of hydrogen-bond donors (Lipinski definition) is 0. The van der Waals surface area contributed by atoms with Gasteiger partial charge in [-0.15, -0.1) is 11.3 Å². The first kappa shape index (κ1) is 14.0. The van der Waals surface area contributed by atoms with E-state index in [1.54, 1.807) is 11.3 Å². The summed E-state index contributed by atoms with van der Waals surface area (Å²) < 4.78 is 0. The Labute approximate surface area is 130 Å². The maximum absolute atomic E-state index is 4.34. The van der Waals surface area contributed by atoms with E-state index in [0.717, 1.165) is 11.4 Å². The van der Waals surface area contributed by atoms with Gasteiger partial charge in [0.1, 0.15) is 0 Å². The molecule has 106 valence electrons. The highest BCUT2D eigenvalue weighted by atomic mass is 32.1. The molecule has 0 aliphatic rings. The van der Waals surface area contributed by atoms with Crippen molar-refractivity contribution in [3.8, 4) is 11.1 Å². The molecule has 0 saturated carbocycles. The van der Waals surface area contributed by atoms with Crippen LogP contribution in [-0.4, -0.2) is 4.98 Å². The van der Waals surface area contributed by atoms with Gasteiger partial charge in [-0.25, -0.2) is 4.98 Å². The van der Waals surface area contributed by atoms with Crippen molar-refractivity contribution in [1.29, 1.82) is 0 Å². The van der Waals surface area contributed by atoms with Crippen molar-refractivity contribution in [3.05, 3.63) is 75.2 Å². The third-order valence-corrected chi connectivity index (χ3v) is 4.48. The highest BCUT2D eigenvalue weighted by Gasteiger charge is 2.05. The number of thiazole rings is 1. The normalized spacial score (nSPS) is 10.8. The molecule has 0 aliphatic heterocycles. The van der Waals surface area contributed by atoms with Gasteiger partial charge < -0.3 is 0 Å². The molecule has 3 rings (SSSR count). The van der Waals surface area contributed by atoms with Crippen LogP contribution in [0.2, 0.25) is 0 Å². The molecule has 0 atom stereocenters. The zero-order valence-electron chi connectivity index (χ0n) is 12.7. The molecule has 0 amide bonds. The second-order valence-corrected chi connectivity index (χ2v) is 6.92. The molecule has 0 N–H and O–H groups in total. The molecule has 1 aromatic heterocycles. The summed E-state index contributed by atoms with van der Waals surface area (Å²) in [6.07, 6.45) is 2.96. The van der Waals surface area contributed by atoms with Gasteiger partial charge in [0.25, 0.3) is 0 Å². The van der Waals surface area contributed by atoms with E-state index in [-0.39, 0.29) is 0 Å². The van der Waals surface area contributed by atoms with Crippen LogP contribution in [0.25, 0.3) is 11.1 Å². The van der Waals surface area contributed by atoms with Crippen molar-refractivity contribution in [2.45, 2.75) is 27.2 Å². The molecule has 21 heavy (non-hydrogen) atoms. The van der Waals surface area contributed by atoms with Gasteiger partial charge in [0.2, 0.25) is 0 Å². The Morgan fingerprint density at radius 1 is 0.857 bits per heavy atom. The van der Waals surface area contributed by atoms with Crippen LogP contribution in [0, 0.1) is 20.8 Å². The summed E-state index contributed by atoms with van der Waals surface area (Å²) in [5.74, 6) is 0. The summed E-state index contributed by atoms with van der Waals surface area (Å²) in [6, 6.07) is 15.6. The third-order valence-electron chi connectivity index (χ3n) is 3.57. The Morgan fingerprint density at radius 2 is 1.62 bits per heavy atom. The molecular formula is C19H19NS. The van der Waals surface area contributed by atoms with Crippen LogP contribution in [-0.2, 0) is 6.42 Å². The van der Waals surface area contributed by atoms with Crippen LogP contribution >= 0.6 is 11.3 Å². The lowest BCUT2D eigenvalue weighted by atomic mass is 9.98. The summed E-state index contributed by atoms with van der Waals surface area (Å²) in [4.78, 5) is 5.67. The van der Waals surface area contributed by atoms with Crippen molar-refractivity contribution >= 4 is 11.3 Å². The van der Waals surface area contributed by atoms with Gasteiger partial charge in [0.05, 0.1) is 5.01 Å². The average molecular weight is 293 g/mol. The van der Waals surface area contributed by atoms with Gasteiger partial charge in [-0.1, -0.05) is 53.6 Å². The van der Waals surface area contributed by atoms with E-state index < -0.39 is 0 Å². The van der Waals surface area contributed by atoms with Crippen LogP contribution in [0.3, 0.4) is 0 Å². The number of rotatable bonds is 3. The van der Waals surface area contributed by atoms with Crippen LogP contribution < -0.4 is 0 Å². The van der Waals surface area contributed by atoms with Crippen molar-refractivity contribution in [3.63, 3.8) is 0 Å². The van der Waals surface area contributed by atoms with Gasteiger partial charge in [0.15, 0.2) is 0 Å². The summed E-state index contributed by atoms with van der Waals surface area (Å²) >= 11 is 1.78. The van der Waals surface area contributed by atoms with Gasteiger partial charge in [0, 0.05) is 17.5 Å². The van der Waals surface area contributed by atoms with E-state index in [1.165, 1.54) is 32.7 Å². The average Bonchev–Trinajstić information content (AvgIpc) is 2.84. The molecule has 0 spiro atoms. The molecule has 0 radical (unpaired) electrons. The van der Waals surface area contributed by atoms with E-state index in [9.17, 15) is 0 Å². The maximum atomic E-state index is 4.34. The SMILES string of the molecule is Cc1ccc(-c2cc(C)cc(Cc3cnc(C)s3)c2)cc1. The molecule has 0 saturated heterocycles. The first-order valence-corrected chi connectivity index (χ1v) is 8.01. The topological polar surface area (TPSA) is 12.9 Å². The van der Waals surface area contributed by atoms with Crippen LogP contribution in [0.15, 0.2) is 48.7 Å². The fraction of sp³-hybridized carbons (Fsp3) is 0.211. The molecule has 3 aromatic rings. The largest absolute Gasteiger partial charge is 0.250 e. The molecule has 1 nitrogen and oxygen atoms in total. The quantitative estimate of drug-likeness (QED) is 0.636. The number of nitrogens with zero attached hydrogens (tertiary/aromatic N) is 1. The molecule has 1 heterocycles. The predicted octanol–water partition coefficient (Wildman–Crippen LogP) is 5.33. The van der Waals surface area contributed by atoms with Crippen LogP contribution in [0.1, 0.15) is 26.6 Å². The maximum Gasteiger partial charge on any atom is 0.0896 e. The van der Waals surface area contributed by atoms with E-state index >= 15 is 0 Å². The predicted molar refractivity (Wildman–Crippen MR) is 91.0 cm³/mol. The summed E-state index contributed by atoms with van der Waals surface area (Å²) in [6.45, 7) is 6.35. The highest BCUT2D eigenvalue weighted by molar-refractivity contribution is 7.11. The first-order chi connectivity index (χ1) is 10.1. The van der Waals surface area contributed by atoms with E-state index in [2.05, 4.69) is 68.2 Å². The molecule has 0 unspecified atom stereocenters. The standard InChI is InChI=1S/C19H19NS/c1-13-4-6-17(7-5-13)18-9-14(2)8-16(10-18)11-19-12-20-15(3)21-19/h4-10,12H,11H2,1-3H3. The fourth-order valence-electron chi connectivity index (χ4n) is 2.57. The smallest absolute Gasteiger partial charge is 0.0896 e. The third kappa shape index (κ3) is 3.40. The second kappa shape index (κ2) is 5.82. The lowest BCUT2D eigenvalue weighted by molar-refractivity contribution is 1.19. The molecular weight excluding hydrogens is 274 g/mol. The van der Waals surface area contributed by atoms with Gasteiger partial charge in [-0.2, -0.15) is 0 Å². The summed E-state index contributed by atoms with van der Waals surface area (Å²) in [7, 11) is 0. The highest BCUT2D eigenvalue weighted by Crippen LogP contribution is 2.25. The molecule has 0 bridgehead atoms. The minimum atomic E-state index is 0.964. The first-order valence-electron chi connectivity index (χ1n) is 7.19. The molecule has 2 heteroatoms. The minimum absolute atomic E-state index is 0.964. The summed E-state index contributed by atoms with van der Waals surface area (Å²) in [5.41, 5.74) is 6.54. The van der Waals surface area contributed by atoms with Crippen molar-refractivity contribution in [2.24, 2.45) is 0 Å². The number of aryl methyl sites for hydroxylation is 3. The number of hydrogen-bond acceptors (Lipinski definition) is 2. The Bertz CT molecular complexity index is 753. The molecule has 0 aliphatic carbocycles. The number of benzene rings is 2. The molecule has 2 aromatic carbocycles. The van der Waals surface area contributed by atoms with Crippen LogP contribution in [0.4, 0.5) is 0 Å². The Balaban J connectivity index is 1.94. The van der Waals surface area contributed by atoms with Crippen molar-refractivity contribution in [2.75, 3.05) is 0 Å². The monoisotopic (exact) mass is 293 g/mol. The zero-order valence-corrected chi connectivity index (χ0v) is 13.5. The zero-order chi connectivity index (χ0) is 14.8. The van der Waals surface area contributed by atoms with E-state index in [0.29, 0.717) is 0 Å². The lowest BCUT2D eigenvalue weighted by Gasteiger charge is -2.08. The summed E-state index contributed by atoms with van der Waals surface area (Å²) in [5, 5.41) is 1.14. The minimum Gasteiger partial charge on any atom is -0.250 e. The van der Waals surface area contributed by atoms with Crippen molar-refractivity contribution < 1.29 is 0 Å². The molecule has 0 fully saturated rings. The second-order valence-electron chi connectivity index (χ2n) is 5.60.